The fraction of sp³-hybridized carbons (Fsp3) is 0.435. The van der Waals surface area contributed by atoms with E-state index in [9.17, 15) is 14.4 Å². The van der Waals surface area contributed by atoms with Crippen LogP contribution < -0.4 is 15.4 Å². The molecule has 1 saturated heterocycles. The number of hydrogen-bond donors (Lipinski definition) is 2. The van der Waals surface area contributed by atoms with Gasteiger partial charge in [0, 0.05) is 24.7 Å². The molecule has 1 atom stereocenters. The summed E-state index contributed by atoms with van der Waals surface area (Å²) in [6.07, 6.45) is 3.29. The lowest BCUT2D eigenvalue weighted by Gasteiger charge is -2.36. The highest BCUT2D eigenvalue weighted by molar-refractivity contribution is 7.12. The van der Waals surface area contributed by atoms with E-state index in [2.05, 4.69) is 10.6 Å². The number of thiophene rings is 1. The molecule has 164 valence electrons. The fourth-order valence-corrected chi connectivity index (χ4v) is 4.54. The summed E-state index contributed by atoms with van der Waals surface area (Å²) in [6, 6.07) is 10.3. The van der Waals surface area contributed by atoms with Crippen molar-refractivity contribution in [2.75, 3.05) is 20.2 Å². The first-order chi connectivity index (χ1) is 15.0. The maximum absolute atomic E-state index is 12.9. The molecule has 3 amide bonds. The Labute approximate surface area is 185 Å². The van der Waals surface area contributed by atoms with Gasteiger partial charge >= 0.3 is 0 Å². The molecular formula is C23H27N3O4S. The van der Waals surface area contributed by atoms with Crippen molar-refractivity contribution in [2.24, 2.45) is 5.92 Å². The van der Waals surface area contributed by atoms with Crippen molar-refractivity contribution in [1.29, 1.82) is 0 Å². The lowest BCUT2D eigenvalue weighted by molar-refractivity contribution is -0.124. The number of likely N-dealkylation sites (tertiary alicyclic amines) is 1. The Bertz CT molecular complexity index is 934. The molecule has 1 saturated carbocycles. The lowest BCUT2D eigenvalue weighted by atomic mass is 9.88. The third-order valence-electron chi connectivity index (χ3n) is 5.85. The van der Waals surface area contributed by atoms with Crippen molar-refractivity contribution >= 4 is 29.1 Å². The van der Waals surface area contributed by atoms with E-state index in [0.717, 1.165) is 12.8 Å². The van der Waals surface area contributed by atoms with E-state index in [0.29, 0.717) is 42.1 Å². The monoisotopic (exact) mass is 441 g/mol. The zero-order valence-corrected chi connectivity index (χ0v) is 18.3. The molecule has 7 nitrogen and oxygen atoms in total. The Hall–Kier alpha value is -2.87. The third kappa shape index (κ3) is 5.25. The molecule has 31 heavy (non-hydrogen) atoms. The summed E-state index contributed by atoms with van der Waals surface area (Å²) < 4.78 is 5.22. The number of ether oxygens (including phenoxy) is 1. The quantitative estimate of drug-likeness (QED) is 0.692. The van der Waals surface area contributed by atoms with Crippen LogP contribution in [0.1, 0.15) is 45.7 Å². The number of nitrogens with one attached hydrogen (secondary N) is 2. The zero-order valence-electron chi connectivity index (χ0n) is 17.5. The smallest absolute Gasteiger partial charge is 0.262 e. The minimum absolute atomic E-state index is 0.0166. The Kier molecular flexibility index (Phi) is 6.56. The van der Waals surface area contributed by atoms with E-state index in [-0.39, 0.29) is 29.7 Å². The molecular weight excluding hydrogens is 414 g/mol. The lowest BCUT2D eigenvalue weighted by Crippen LogP contribution is -2.54. The molecule has 2 N–H and O–H groups in total. The first-order valence-corrected chi connectivity index (χ1v) is 11.5. The van der Waals surface area contributed by atoms with Gasteiger partial charge in [0.1, 0.15) is 11.8 Å². The predicted molar refractivity (Wildman–Crippen MR) is 118 cm³/mol. The van der Waals surface area contributed by atoms with Crippen LogP contribution in [-0.4, -0.2) is 54.9 Å². The summed E-state index contributed by atoms with van der Waals surface area (Å²) in [6.45, 7) is 1.09. The van der Waals surface area contributed by atoms with Crippen LogP contribution >= 0.6 is 11.3 Å². The molecule has 1 unspecified atom stereocenters. The van der Waals surface area contributed by atoms with Gasteiger partial charge in [-0.1, -0.05) is 12.1 Å². The molecule has 8 heteroatoms. The second-order valence-electron chi connectivity index (χ2n) is 8.07. The molecule has 2 heterocycles. The Balaban J connectivity index is 1.40. The second-order valence-corrected chi connectivity index (χ2v) is 9.02. The van der Waals surface area contributed by atoms with Gasteiger partial charge in [-0.3, -0.25) is 14.4 Å². The normalized spacial score (nSPS) is 17.6. The van der Waals surface area contributed by atoms with Crippen molar-refractivity contribution in [3.05, 3.63) is 52.2 Å². The number of nitrogens with zero attached hydrogens (tertiary/aromatic N) is 1. The van der Waals surface area contributed by atoms with Crippen LogP contribution in [0.2, 0.25) is 0 Å². The standard InChI is InChI=1S/C23H27N3O4S/c1-30-18-5-2-4-16(14-18)23(29)26-11-9-15(10-12-26)20(22(28)24-17-7-8-17)25-21(27)19-6-3-13-31-19/h2-6,13-15,17,20H,7-12H2,1H3,(H,24,28)(H,25,27). The molecule has 0 spiro atoms. The van der Waals surface area contributed by atoms with E-state index in [1.54, 1.807) is 31.4 Å². The van der Waals surface area contributed by atoms with Gasteiger partial charge in [0.2, 0.25) is 5.91 Å². The SMILES string of the molecule is COc1cccc(C(=O)N2CCC(C(NC(=O)c3cccs3)C(=O)NC3CC3)CC2)c1. The highest BCUT2D eigenvalue weighted by Gasteiger charge is 2.36. The summed E-state index contributed by atoms with van der Waals surface area (Å²) in [5.74, 6) is 0.246. The molecule has 1 aromatic carbocycles. The van der Waals surface area contributed by atoms with E-state index in [1.807, 2.05) is 22.4 Å². The number of benzene rings is 1. The number of hydrogen-bond acceptors (Lipinski definition) is 5. The van der Waals surface area contributed by atoms with Crippen LogP contribution in [0.5, 0.6) is 5.75 Å². The van der Waals surface area contributed by atoms with Crippen LogP contribution in [0.15, 0.2) is 41.8 Å². The molecule has 1 aromatic heterocycles. The number of methoxy groups -OCH3 is 1. The average Bonchev–Trinajstić information content (AvgIpc) is 3.44. The van der Waals surface area contributed by atoms with Crippen molar-refractivity contribution in [1.82, 2.24) is 15.5 Å². The van der Waals surface area contributed by atoms with Crippen LogP contribution in [0, 0.1) is 5.92 Å². The fourth-order valence-electron chi connectivity index (χ4n) is 3.91. The number of amides is 3. The Morgan fingerprint density at radius 1 is 1.10 bits per heavy atom. The molecule has 0 radical (unpaired) electrons. The summed E-state index contributed by atoms with van der Waals surface area (Å²) >= 11 is 1.36. The molecule has 2 fully saturated rings. The average molecular weight is 442 g/mol. The molecule has 1 aliphatic heterocycles. The summed E-state index contributed by atoms with van der Waals surface area (Å²) in [7, 11) is 1.58. The highest BCUT2D eigenvalue weighted by Crippen LogP contribution is 2.25. The number of rotatable bonds is 7. The maximum atomic E-state index is 12.9. The van der Waals surface area contributed by atoms with Gasteiger partial charge in [0.15, 0.2) is 0 Å². The van der Waals surface area contributed by atoms with Gasteiger partial charge in [0.25, 0.3) is 11.8 Å². The van der Waals surface area contributed by atoms with Crippen LogP contribution in [-0.2, 0) is 4.79 Å². The minimum Gasteiger partial charge on any atom is -0.497 e. The maximum Gasteiger partial charge on any atom is 0.262 e. The molecule has 4 rings (SSSR count). The van der Waals surface area contributed by atoms with E-state index in [4.69, 9.17) is 4.74 Å². The van der Waals surface area contributed by atoms with Crippen LogP contribution in [0.25, 0.3) is 0 Å². The molecule has 2 aromatic rings. The summed E-state index contributed by atoms with van der Waals surface area (Å²) in [5.41, 5.74) is 0.590. The van der Waals surface area contributed by atoms with Gasteiger partial charge in [-0.05, 0) is 61.2 Å². The second kappa shape index (κ2) is 9.51. The van der Waals surface area contributed by atoms with Gasteiger partial charge in [0.05, 0.1) is 12.0 Å². The third-order valence-corrected chi connectivity index (χ3v) is 6.72. The number of carbonyl (C=O) groups is 3. The van der Waals surface area contributed by atoms with Crippen molar-refractivity contribution in [3.8, 4) is 5.75 Å². The van der Waals surface area contributed by atoms with Gasteiger partial charge in [-0.2, -0.15) is 0 Å². The first-order valence-electron chi connectivity index (χ1n) is 10.6. The van der Waals surface area contributed by atoms with E-state index in [1.165, 1.54) is 11.3 Å². The Morgan fingerprint density at radius 2 is 1.87 bits per heavy atom. The van der Waals surface area contributed by atoms with Crippen LogP contribution in [0.3, 0.4) is 0 Å². The van der Waals surface area contributed by atoms with E-state index >= 15 is 0 Å². The number of piperidine rings is 1. The van der Waals surface area contributed by atoms with E-state index < -0.39 is 6.04 Å². The Morgan fingerprint density at radius 3 is 2.52 bits per heavy atom. The van der Waals surface area contributed by atoms with Crippen molar-refractivity contribution < 1.29 is 19.1 Å². The predicted octanol–water partition coefficient (Wildman–Crippen LogP) is 2.69. The van der Waals surface area contributed by atoms with Crippen molar-refractivity contribution in [2.45, 2.75) is 37.8 Å². The summed E-state index contributed by atoms with van der Waals surface area (Å²) in [4.78, 5) is 40.8. The minimum atomic E-state index is -0.593. The van der Waals surface area contributed by atoms with Gasteiger partial charge in [-0.15, -0.1) is 11.3 Å². The molecule has 1 aliphatic carbocycles. The van der Waals surface area contributed by atoms with Crippen molar-refractivity contribution in [3.63, 3.8) is 0 Å². The van der Waals surface area contributed by atoms with Gasteiger partial charge < -0.3 is 20.3 Å². The summed E-state index contributed by atoms with van der Waals surface area (Å²) in [5, 5.41) is 7.83. The molecule has 2 aliphatic rings. The topological polar surface area (TPSA) is 87.7 Å². The largest absolute Gasteiger partial charge is 0.497 e. The first kappa shape index (κ1) is 21.4. The molecule has 0 bridgehead atoms. The van der Waals surface area contributed by atoms with Crippen LogP contribution in [0.4, 0.5) is 0 Å². The highest BCUT2D eigenvalue weighted by atomic mass is 32.1. The number of carbonyl (C=O) groups excluding carboxylic acids is 3. The zero-order chi connectivity index (χ0) is 21.8. The van der Waals surface area contributed by atoms with Gasteiger partial charge in [-0.25, -0.2) is 0 Å².